The highest BCUT2D eigenvalue weighted by Crippen LogP contribution is 2.14. The molecule has 0 amide bonds. The molecule has 0 heterocycles. The van der Waals surface area contributed by atoms with Crippen LogP contribution in [0.4, 0.5) is 0 Å². The number of hydrogen-bond donors (Lipinski definition) is 3. The summed E-state index contributed by atoms with van der Waals surface area (Å²) in [6.07, 6.45) is 0.304. The van der Waals surface area contributed by atoms with Gasteiger partial charge >= 0.3 is 5.97 Å². The standard InChI is InChI=1S/C16H23N3O3S/c1-4-22-13-7-5-12(6-8-13)14(9-10-15(20)21)18-19-16(23)17-11(2)3/h5-8,11H,4,9-10H2,1-3H3,(H,20,21)(H2,17,19,23)/b18-14-. The molecule has 0 aliphatic heterocycles. The molecule has 0 atom stereocenters. The van der Waals surface area contributed by atoms with Crippen LogP contribution in [-0.4, -0.2) is 34.5 Å². The summed E-state index contributed by atoms with van der Waals surface area (Å²) < 4.78 is 5.40. The van der Waals surface area contributed by atoms with Crippen molar-refractivity contribution in [3.05, 3.63) is 29.8 Å². The Kier molecular flexibility index (Phi) is 8.04. The summed E-state index contributed by atoms with van der Waals surface area (Å²) in [5.74, 6) is -0.106. The predicted molar refractivity (Wildman–Crippen MR) is 95.0 cm³/mol. The molecule has 0 bridgehead atoms. The molecule has 1 aromatic carbocycles. The number of carbonyl (C=O) groups is 1. The number of carboxylic acid groups (broad SMARTS) is 1. The molecule has 6 nitrogen and oxygen atoms in total. The SMILES string of the molecule is CCOc1ccc(/C(CCC(=O)O)=N\NC(=S)NC(C)C)cc1. The van der Waals surface area contributed by atoms with Gasteiger partial charge < -0.3 is 15.2 Å². The van der Waals surface area contributed by atoms with Gasteiger partial charge in [-0.25, -0.2) is 0 Å². The van der Waals surface area contributed by atoms with E-state index in [2.05, 4.69) is 15.8 Å². The highest BCUT2D eigenvalue weighted by Gasteiger charge is 2.08. The van der Waals surface area contributed by atoms with Crippen LogP contribution >= 0.6 is 12.2 Å². The molecule has 1 rings (SSSR count). The lowest BCUT2D eigenvalue weighted by molar-refractivity contribution is -0.136. The average molecular weight is 337 g/mol. The smallest absolute Gasteiger partial charge is 0.303 e. The Balaban J connectivity index is 2.85. The molecular weight excluding hydrogens is 314 g/mol. The van der Waals surface area contributed by atoms with Crippen molar-refractivity contribution >= 4 is 29.0 Å². The Labute approximate surface area is 141 Å². The zero-order valence-electron chi connectivity index (χ0n) is 13.6. The van der Waals surface area contributed by atoms with Crippen LogP contribution in [0.25, 0.3) is 0 Å². The second kappa shape index (κ2) is 9.78. The molecule has 0 aliphatic carbocycles. The number of carboxylic acids is 1. The summed E-state index contributed by atoms with van der Waals surface area (Å²) in [5.41, 5.74) is 4.22. The van der Waals surface area contributed by atoms with Crippen LogP contribution in [-0.2, 0) is 4.79 Å². The lowest BCUT2D eigenvalue weighted by Crippen LogP contribution is -2.37. The second-order valence-corrected chi connectivity index (χ2v) is 5.56. The fraction of sp³-hybridized carbons (Fsp3) is 0.438. The fourth-order valence-corrected chi connectivity index (χ4v) is 2.09. The van der Waals surface area contributed by atoms with Gasteiger partial charge in [0, 0.05) is 12.5 Å². The van der Waals surface area contributed by atoms with Crippen LogP contribution in [0.5, 0.6) is 5.75 Å². The minimum absolute atomic E-state index is 0.00189. The van der Waals surface area contributed by atoms with E-state index >= 15 is 0 Å². The van der Waals surface area contributed by atoms with Gasteiger partial charge in [0.15, 0.2) is 5.11 Å². The van der Waals surface area contributed by atoms with Gasteiger partial charge in [-0.05, 0) is 62.8 Å². The molecule has 126 valence electrons. The van der Waals surface area contributed by atoms with E-state index in [0.29, 0.717) is 23.9 Å². The van der Waals surface area contributed by atoms with Gasteiger partial charge in [0.2, 0.25) is 0 Å². The summed E-state index contributed by atoms with van der Waals surface area (Å²) >= 11 is 5.12. The van der Waals surface area contributed by atoms with Gasteiger partial charge in [0.1, 0.15) is 5.75 Å². The first kappa shape index (κ1) is 18.9. The van der Waals surface area contributed by atoms with E-state index in [0.717, 1.165) is 11.3 Å². The highest BCUT2D eigenvalue weighted by molar-refractivity contribution is 7.80. The van der Waals surface area contributed by atoms with Gasteiger partial charge in [-0.1, -0.05) is 0 Å². The molecule has 3 N–H and O–H groups in total. The third kappa shape index (κ3) is 7.60. The molecule has 0 aromatic heterocycles. The quantitative estimate of drug-likeness (QED) is 0.384. The maximum Gasteiger partial charge on any atom is 0.303 e. The number of rotatable bonds is 8. The molecular formula is C16H23N3O3S. The van der Waals surface area contributed by atoms with Crippen molar-refractivity contribution < 1.29 is 14.6 Å². The van der Waals surface area contributed by atoms with Gasteiger partial charge in [0.25, 0.3) is 0 Å². The van der Waals surface area contributed by atoms with E-state index in [4.69, 9.17) is 22.1 Å². The minimum Gasteiger partial charge on any atom is -0.494 e. The van der Waals surface area contributed by atoms with Gasteiger partial charge in [-0.2, -0.15) is 5.10 Å². The zero-order chi connectivity index (χ0) is 17.2. The van der Waals surface area contributed by atoms with Crippen molar-refractivity contribution in [3.8, 4) is 5.75 Å². The van der Waals surface area contributed by atoms with E-state index in [9.17, 15) is 4.79 Å². The van der Waals surface area contributed by atoms with Crippen molar-refractivity contribution in [1.82, 2.24) is 10.7 Å². The summed E-state index contributed by atoms with van der Waals surface area (Å²) in [7, 11) is 0. The average Bonchev–Trinajstić information content (AvgIpc) is 2.48. The minimum atomic E-state index is -0.869. The van der Waals surface area contributed by atoms with Crippen molar-refractivity contribution in [3.63, 3.8) is 0 Å². The van der Waals surface area contributed by atoms with E-state index in [1.165, 1.54) is 0 Å². The third-order valence-corrected chi connectivity index (χ3v) is 3.00. The number of benzene rings is 1. The monoisotopic (exact) mass is 337 g/mol. The van der Waals surface area contributed by atoms with Crippen molar-refractivity contribution in [1.29, 1.82) is 0 Å². The molecule has 0 fully saturated rings. The topological polar surface area (TPSA) is 83.0 Å². The molecule has 23 heavy (non-hydrogen) atoms. The fourth-order valence-electron chi connectivity index (χ4n) is 1.81. The van der Waals surface area contributed by atoms with E-state index in [1.807, 2.05) is 45.0 Å². The van der Waals surface area contributed by atoms with Gasteiger partial charge in [-0.15, -0.1) is 0 Å². The second-order valence-electron chi connectivity index (χ2n) is 5.15. The summed E-state index contributed by atoms with van der Waals surface area (Å²) in [4.78, 5) is 10.8. The largest absolute Gasteiger partial charge is 0.494 e. The Morgan fingerprint density at radius 1 is 1.30 bits per heavy atom. The lowest BCUT2D eigenvalue weighted by Gasteiger charge is -2.12. The maximum atomic E-state index is 10.8. The first-order chi connectivity index (χ1) is 10.9. The highest BCUT2D eigenvalue weighted by atomic mass is 32.1. The van der Waals surface area contributed by atoms with Crippen LogP contribution < -0.4 is 15.5 Å². The lowest BCUT2D eigenvalue weighted by atomic mass is 10.1. The Morgan fingerprint density at radius 3 is 2.48 bits per heavy atom. The molecule has 7 heteroatoms. The van der Waals surface area contributed by atoms with Crippen LogP contribution in [0.1, 0.15) is 39.2 Å². The molecule has 0 spiro atoms. The summed E-state index contributed by atoms with van der Waals surface area (Å²) in [5, 5.41) is 16.6. The summed E-state index contributed by atoms with van der Waals surface area (Å²) in [6, 6.07) is 7.57. The normalized spacial score (nSPS) is 11.2. The number of hydrazone groups is 1. The van der Waals surface area contributed by atoms with Crippen LogP contribution in [0, 0.1) is 0 Å². The molecule has 0 unspecified atom stereocenters. The number of ether oxygens (including phenoxy) is 1. The third-order valence-electron chi connectivity index (χ3n) is 2.79. The molecule has 0 radical (unpaired) electrons. The number of nitrogens with zero attached hydrogens (tertiary/aromatic N) is 1. The van der Waals surface area contributed by atoms with Crippen LogP contribution in [0.3, 0.4) is 0 Å². The molecule has 1 aromatic rings. The molecule has 0 saturated heterocycles. The predicted octanol–water partition coefficient (Wildman–Crippen LogP) is 2.53. The van der Waals surface area contributed by atoms with E-state index < -0.39 is 5.97 Å². The number of nitrogens with one attached hydrogen (secondary N) is 2. The Morgan fingerprint density at radius 2 is 1.96 bits per heavy atom. The first-order valence-corrected chi connectivity index (χ1v) is 7.91. The Hall–Kier alpha value is -2.15. The zero-order valence-corrected chi connectivity index (χ0v) is 14.4. The van der Waals surface area contributed by atoms with E-state index in [1.54, 1.807) is 0 Å². The first-order valence-electron chi connectivity index (χ1n) is 7.50. The van der Waals surface area contributed by atoms with Crippen LogP contribution in [0.2, 0.25) is 0 Å². The van der Waals surface area contributed by atoms with Crippen molar-refractivity contribution in [2.45, 2.75) is 39.7 Å². The number of aliphatic carboxylic acids is 1. The summed E-state index contributed by atoms with van der Waals surface area (Å²) in [6.45, 7) is 6.45. The molecule has 0 saturated carbocycles. The Bertz CT molecular complexity index is 556. The maximum absolute atomic E-state index is 10.8. The number of thiocarbonyl (C=S) groups is 1. The van der Waals surface area contributed by atoms with Crippen molar-refractivity contribution in [2.24, 2.45) is 5.10 Å². The van der Waals surface area contributed by atoms with E-state index in [-0.39, 0.29) is 12.5 Å². The van der Waals surface area contributed by atoms with Gasteiger partial charge in [-0.3, -0.25) is 10.2 Å². The van der Waals surface area contributed by atoms with Crippen LogP contribution in [0.15, 0.2) is 29.4 Å². The van der Waals surface area contributed by atoms with Gasteiger partial charge in [0.05, 0.1) is 18.7 Å². The number of hydrogen-bond acceptors (Lipinski definition) is 4. The molecule has 0 aliphatic rings. The van der Waals surface area contributed by atoms with Crippen molar-refractivity contribution in [2.75, 3.05) is 6.61 Å².